The van der Waals surface area contributed by atoms with E-state index in [4.69, 9.17) is 14.5 Å². The monoisotopic (exact) mass is 396 g/mol. The van der Waals surface area contributed by atoms with Crippen LogP contribution in [0.5, 0.6) is 11.5 Å². The fraction of sp³-hybridized carbons (Fsp3) is 0.478. The number of nitrogens with one attached hydrogen (secondary N) is 2. The Hall–Kier alpha value is -2.76. The van der Waals surface area contributed by atoms with Gasteiger partial charge in [0.15, 0.2) is 17.5 Å². The molecule has 1 fully saturated rings. The van der Waals surface area contributed by atoms with Gasteiger partial charge in [-0.25, -0.2) is 4.99 Å². The van der Waals surface area contributed by atoms with E-state index in [0.717, 1.165) is 53.7 Å². The van der Waals surface area contributed by atoms with Crippen LogP contribution in [0.25, 0.3) is 0 Å². The molecule has 1 aliphatic rings. The Morgan fingerprint density at radius 1 is 1.17 bits per heavy atom. The van der Waals surface area contributed by atoms with Crippen molar-refractivity contribution in [3.05, 3.63) is 53.3 Å². The van der Waals surface area contributed by atoms with Crippen LogP contribution in [0.15, 0.2) is 41.5 Å². The van der Waals surface area contributed by atoms with Gasteiger partial charge in [0.1, 0.15) is 0 Å². The molecule has 0 saturated heterocycles. The number of aliphatic imine (C=N–C) groups is 1. The molecule has 0 amide bonds. The Kier molecular flexibility index (Phi) is 7.73. The number of nitrogens with zero attached hydrogens (tertiary/aromatic N) is 2. The van der Waals surface area contributed by atoms with Gasteiger partial charge in [-0.3, -0.25) is 4.98 Å². The number of pyridine rings is 1. The fourth-order valence-electron chi connectivity index (χ4n) is 3.53. The smallest absolute Gasteiger partial charge is 0.191 e. The van der Waals surface area contributed by atoms with Crippen molar-refractivity contribution >= 4 is 5.96 Å². The summed E-state index contributed by atoms with van der Waals surface area (Å²) in [5.41, 5.74) is 3.21. The third-order valence-electron chi connectivity index (χ3n) is 5.16. The number of aromatic nitrogens is 1. The zero-order valence-electron chi connectivity index (χ0n) is 17.7. The van der Waals surface area contributed by atoms with E-state index in [0.29, 0.717) is 13.1 Å². The number of aryl methyl sites for hydroxylation is 1. The molecule has 156 valence electrons. The average molecular weight is 397 g/mol. The lowest BCUT2D eigenvalue weighted by Gasteiger charge is -2.19. The van der Waals surface area contributed by atoms with E-state index in [2.05, 4.69) is 41.6 Å². The van der Waals surface area contributed by atoms with Crippen molar-refractivity contribution in [1.82, 2.24) is 15.6 Å². The first kappa shape index (κ1) is 21.0. The van der Waals surface area contributed by atoms with Crippen molar-refractivity contribution in [3.8, 4) is 11.5 Å². The standard InChI is InChI=1S/C23H32N4O2/c1-4-24-23(27-16-20-17(2)9-8-14-25-20)26-15-18-10-7-13-21(28-3)22(18)29-19-11-5-6-12-19/h7-10,13-14,19H,4-6,11-12,15-16H2,1-3H3,(H2,24,26,27). The van der Waals surface area contributed by atoms with Crippen LogP contribution in [0.3, 0.4) is 0 Å². The van der Waals surface area contributed by atoms with Gasteiger partial charge in [0.05, 0.1) is 32.0 Å². The zero-order chi connectivity index (χ0) is 20.5. The van der Waals surface area contributed by atoms with Crippen LogP contribution in [0, 0.1) is 6.92 Å². The molecule has 0 atom stereocenters. The summed E-state index contributed by atoms with van der Waals surface area (Å²) in [6.07, 6.45) is 6.76. The van der Waals surface area contributed by atoms with Gasteiger partial charge in [-0.2, -0.15) is 0 Å². The van der Waals surface area contributed by atoms with Crippen molar-refractivity contribution in [1.29, 1.82) is 0 Å². The third kappa shape index (κ3) is 5.86. The number of ether oxygens (including phenoxy) is 2. The summed E-state index contributed by atoms with van der Waals surface area (Å²) in [6.45, 7) is 6.05. The SMILES string of the molecule is CCNC(=NCc1cccc(OC)c1OC1CCCC1)NCc1ncccc1C. The number of para-hydroxylation sites is 1. The highest BCUT2D eigenvalue weighted by atomic mass is 16.5. The van der Waals surface area contributed by atoms with Gasteiger partial charge in [-0.1, -0.05) is 18.2 Å². The van der Waals surface area contributed by atoms with Crippen LogP contribution in [0.1, 0.15) is 49.4 Å². The molecule has 0 spiro atoms. The van der Waals surface area contributed by atoms with E-state index in [1.807, 2.05) is 24.4 Å². The van der Waals surface area contributed by atoms with Crippen molar-refractivity contribution < 1.29 is 9.47 Å². The molecule has 6 heteroatoms. The second-order valence-electron chi connectivity index (χ2n) is 7.29. The van der Waals surface area contributed by atoms with E-state index in [1.54, 1.807) is 7.11 Å². The van der Waals surface area contributed by atoms with Gasteiger partial charge in [-0.05, 0) is 57.2 Å². The molecule has 3 rings (SSSR count). The van der Waals surface area contributed by atoms with Crippen molar-refractivity contribution in [2.24, 2.45) is 4.99 Å². The molecule has 0 radical (unpaired) electrons. The molecule has 0 bridgehead atoms. The number of methoxy groups -OCH3 is 1. The number of hydrogen-bond acceptors (Lipinski definition) is 4. The predicted molar refractivity (Wildman–Crippen MR) is 117 cm³/mol. The van der Waals surface area contributed by atoms with Crippen LogP contribution < -0.4 is 20.1 Å². The summed E-state index contributed by atoms with van der Waals surface area (Å²) in [5, 5.41) is 6.68. The highest BCUT2D eigenvalue weighted by Crippen LogP contribution is 2.35. The molecule has 6 nitrogen and oxygen atoms in total. The molecule has 2 aromatic rings. The van der Waals surface area contributed by atoms with E-state index in [9.17, 15) is 0 Å². The maximum atomic E-state index is 6.32. The number of benzene rings is 1. The first-order valence-corrected chi connectivity index (χ1v) is 10.5. The number of rotatable bonds is 8. The van der Waals surface area contributed by atoms with Gasteiger partial charge in [0.2, 0.25) is 0 Å². The van der Waals surface area contributed by atoms with Crippen molar-refractivity contribution in [3.63, 3.8) is 0 Å². The predicted octanol–water partition coefficient (Wildman–Crippen LogP) is 3.98. The van der Waals surface area contributed by atoms with Crippen molar-refractivity contribution in [2.75, 3.05) is 13.7 Å². The topological polar surface area (TPSA) is 67.8 Å². The van der Waals surface area contributed by atoms with Crippen LogP contribution in [-0.2, 0) is 13.1 Å². The largest absolute Gasteiger partial charge is 0.493 e. The van der Waals surface area contributed by atoms with Crippen LogP contribution >= 0.6 is 0 Å². The van der Waals surface area contributed by atoms with Gasteiger partial charge >= 0.3 is 0 Å². The Labute approximate surface area is 173 Å². The molecule has 29 heavy (non-hydrogen) atoms. The Bertz CT molecular complexity index is 816. The van der Waals surface area contributed by atoms with E-state index in [-0.39, 0.29) is 6.10 Å². The third-order valence-corrected chi connectivity index (χ3v) is 5.16. The molecular formula is C23H32N4O2. The van der Waals surface area contributed by atoms with Gasteiger partial charge in [0.25, 0.3) is 0 Å². The summed E-state index contributed by atoms with van der Waals surface area (Å²) in [4.78, 5) is 9.21. The molecular weight excluding hydrogens is 364 g/mol. The van der Waals surface area contributed by atoms with Crippen LogP contribution in [0.2, 0.25) is 0 Å². The molecule has 1 heterocycles. The lowest BCUT2D eigenvalue weighted by atomic mass is 10.1. The minimum Gasteiger partial charge on any atom is -0.493 e. The second kappa shape index (κ2) is 10.7. The molecule has 1 aromatic carbocycles. The minimum absolute atomic E-state index is 0.271. The Morgan fingerprint density at radius 2 is 2.00 bits per heavy atom. The minimum atomic E-state index is 0.271. The lowest BCUT2D eigenvalue weighted by Crippen LogP contribution is -2.37. The second-order valence-corrected chi connectivity index (χ2v) is 7.29. The Morgan fingerprint density at radius 3 is 2.72 bits per heavy atom. The number of hydrogen-bond donors (Lipinski definition) is 2. The van der Waals surface area contributed by atoms with Gasteiger partial charge < -0.3 is 20.1 Å². The maximum absolute atomic E-state index is 6.32. The fourth-order valence-corrected chi connectivity index (χ4v) is 3.53. The summed E-state index contributed by atoms with van der Waals surface area (Å²) in [6, 6.07) is 10.0. The molecule has 1 aliphatic carbocycles. The summed E-state index contributed by atoms with van der Waals surface area (Å²) >= 11 is 0. The van der Waals surface area contributed by atoms with Crippen molar-refractivity contribution in [2.45, 2.75) is 58.7 Å². The highest BCUT2D eigenvalue weighted by molar-refractivity contribution is 5.79. The highest BCUT2D eigenvalue weighted by Gasteiger charge is 2.20. The summed E-state index contributed by atoms with van der Waals surface area (Å²) in [7, 11) is 1.69. The maximum Gasteiger partial charge on any atom is 0.191 e. The van der Waals surface area contributed by atoms with E-state index < -0.39 is 0 Å². The summed E-state index contributed by atoms with van der Waals surface area (Å²) in [5.74, 6) is 2.35. The Balaban J connectivity index is 1.73. The van der Waals surface area contributed by atoms with Crippen LogP contribution in [0.4, 0.5) is 0 Å². The van der Waals surface area contributed by atoms with Gasteiger partial charge in [-0.15, -0.1) is 0 Å². The molecule has 0 unspecified atom stereocenters. The lowest BCUT2D eigenvalue weighted by molar-refractivity contribution is 0.198. The molecule has 1 saturated carbocycles. The first-order chi connectivity index (χ1) is 14.2. The van der Waals surface area contributed by atoms with E-state index >= 15 is 0 Å². The molecule has 1 aromatic heterocycles. The number of guanidine groups is 1. The first-order valence-electron chi connectivity index (χ1n) is 10.5. The normalized spacial score (nSPS) is 14.7. The quantitative estimate of drug-likeness (QED) is 0.522. The molecule has 0 aliphatic heterocycles. The van der Waals surface area contributed by atoms with Gasteiger partial charge in [0, 0.05) is 18.3 Å². The van der Waals surface area contributed by atoms with Crippen LogP contribution in [-0.4, -0.2) is 30.7 Å². The zero-order valence-corrected chi connectivity index (χ0v) is 17.7. The average Bonchev–Trinajstić information content (AvgIpc) is 3.25. The van der Waals surface area contributed by atoms with E-state index in [1.165, 1.54) is 12.8 Å². The molecule has 2 N–H and O–H groups in total. The summed E-state index contributed by atoms with van der Waals surface area (Å²) < 4.78 is 11.9.